The van der Waals surface area contributed by atoms with E-state index in [1.807, 2.05) is 30.3 Å². The van der Waals surface area contributed by atoms with E-state index in [9.17, 15) is 4.79 Å². The van der Waals surface area contributed by atoms with Crippen LogP contribution in [0.15, 0.2) is 48.9 Å². The third-order valence-electron chi connectivity index (χ3n) is 4.25. The van der Waals surface area contributed by atoms with Gasteiger partial charge in [-0.15, -0.1) is 0 Å². The number of carbonyl (C=O) groups is 1. The molecule has 0 unspecified atom stereocenters. The number of rotatable bonds is 5. The third kappa shape index (κ3) is 3.55. The van der Waals surface area contributed by atoms with Gasteiger partial charge in [-0.05, 0) is 30.7 Å². The minimum atomic E-state index is 0.134. The highest BCUT2D eigenvalue weighted by Gasteiger charge is 2.21. The highest BCUT2D eigenvalue weighted by molar-refractivity contribution is 5.95. The standard InChI is InChI=1S/C19H18N6O2/c1-27-15-12-22-18(14-5-2-3-9-20-14)24-19(15)23-16-8-7-13(11-21-16)25-10-4-6-17(25)26/h2-3,5,7-9,11-12H,4,6,10H2,1H3,(H,21,22,23,24). The Morgan fingerprint density at radius 1 is 1.11 bits per heavy atom. The largest absolute Gasteiger partial charge is 0.491 e. The molecule has 1 fully saturated rings. The predicted molar refractivity (Wildman–Crippen MR) is 101 cm³/mol. The van der Waals surface area contributed by atoms with Gasteiger partial charge in [0.15, 0.2) is 17.4 Å². The number of methoxy groups -OCH3 is 1. The number of anilines is 3. The van der Waals surface area contributed by atoms with Gasteiger partial charge in [0.05, 0.1) is 25.2 Å². The molecule has 1 aliphatic heterocycles. The molecule has 136 valence electrons. The number of ether oxygens (including phenoxy) is 1. The molecule has 4 heterocycles. The van der Waals surface area contributed by atoms with Crippen molar-refractivity contribution in [2.45, 2.75) is 12.8 Å². The van der Waals surface area contributed by atoms with E-state index in [0.717, 1.165) is 18.7 Å². The van der Waals surface area contributed by atoms with Crippen LogP contribution in [0, 0.1) is 0 Å². The minimum Gasteiger partial charge on any atom is -0.491 e. The lowest BCUT2D eigenvalue weighted by atomic mass is 10.3. The topological polar surface area (TPSA) is 93.1 Å². The van der Waals surface area contributed by atoms with Gasteiger partial charge in [0.1, 0.15) is 11.5 Å². The summed E-state index contributed by atoms with van der Waals surface area (Å²) in [4.78, 5) is 31.1. The zero-order chi connectivity index (χ0) is 18.6. The summed E-state index contributed by atoms with van der Waals surface area (Å²) in [6, 6.07) is 9.23. The predicted octanol–water partition coefficient (Wildman–Crippen LogP) is 2.81. The Morgan fingerprint density at radius 2 is 2.04 bits per heavy atom. The summed E-state index contributed by atoms with van der Waals surface area (Å²) in [6.07, 6.45) is 6.44. The van der Waals surface area contributed by atoms with Gasteiger partial charge < -0.3 is 15.0 Å². The Kier molecular flexibility index (Phi) is 4.61. The van der Waals surface area contributed by atoms with Crippen molar-refractivity contribution in [1.29, 1.82) is 0 Å². The number of carbonyl (C=O) groups excluding carboxylic acids is 1. The first-order valence-corrected chi connectivity index (χ1v) is 8.60. The molecule has 1 saturated heterocycles. The summed E-state index contributed by atoms with van der Waals surface area (Å²) in [5, 5.41) is 3.14. The summed E-state index contributed by atoms with van der Waals surface area (Å²) in [6.45, 7) is 0.737. The van der Waals surface area contributed by atoms with E-state index in [4.69, 9.17) is 4.74 Å². The molecule has 0 aromatic carbocycles. The normalized spacial score (nSPS) is 13.7. The lowest BCUT2D eigenvalue weighted by Crippen LogP contribution is -2.23. The Morgan fingerprint density at radius 3 is 2.70 bits per heavy atom. The first kappa shape index (κ1) is 16.9. The molecule has 0 atom stereocenters. The number of hydrogen-bond acceptors (Lipinski definition) is 7. The summed E-state index contributed by atoms with van der Waals surface area (Å²) >= 11 is 0. The molecule has 8 nitrogen and oxygen atoms in total. The second kappa shape index (κ2) is 7.36. The fourth-order valence-corrected chi connectivity index (χ4v) is 2.89. The first-order valence-electron chi connectivity index (χ1n) is 8.60. The number of pyridine rings is 2. The van der Waals surface area contributed by atoms with Gasteiger partial charge in [0, 0.05) is 19.2 Å². The molecule has 3 aromatic heterocycles. The zero-order valence-corrected chi connectivity index (χ0v) is 14.8. The van der Waals surface area contributed by atoms with Gasteiger partial charge in [-0.25, -0.2) is 15.0 Å². The fraction of sp³-hybridized carbons (Fsp3) is 0.211. The van der Waals surface area contributed by atoms with Crippen molar-refractivity contribution in [3.05, 3.63) is 48.9 Å². The van der Waals surface area contributed by atoms with E-state index in [2.05, 4.69) is 25.3 Å². The number of aromatic nitrogens is 4. The molecule has 0 spiro atoms. The number of nitrogens with one attached hydrogen (secondary N) is 1. The van der Waals surface area contributed by atoms with E-state index in [0.29, 0.717) is 35.3 Å². The molecule has 0 saturated carbocycles. The highest BCUT2D eigenvalue weighted by atomic mass is 16.5. The summed E-state index contributed by atoms with van der Waals surface area (Å²) < 4.78 is 5.34. The Bertz CT molecular complexity index is 946. The van der Waals surface area contributed by atoms with E-state index >= 15 is 0 Å². The van der Waals surface area contributed by atoms with Crippen molar-refractivity contribution in [3.63, 3.8) is 0 Å². The second-order valence-corrected chi connectivity index (χ2v) is 6.00. The second-order valence-electron chi connectivity index (χ2n) is 6.00. The van der Waals surface area contributed by atoms with Gasteiger partial charge in [-0.1, -0.05) is 6.07 Å². The average Bonchev–Trinajstić information content (AvgIpc) is 3.15. The molecule has 1 amide bonds. The molecule has 4 rings (SSSR count). The maximum Gasteiger partial charge on any atom is 0.227 e. The molecule has 0 bridgehead atoms. The van der Waals surface area contributed by atoms with Crippen LogP contribution in [0.3, 0.4) is 0 Å². The van der Waals surface area contributed by atoms with E-state index in [1.165, 1.54) is 0 Å². The molecule has 27 heavy (non-hydrogen) atoms. The van der Waals surface area contributed by atoms with E-state index in [-0.39, 0.29) is 5.91 Å². The van der Waals surface area contributed by atoms with Crippen molar-refractivity contribution < 1.29 is 9.53 Å². The van der Waals surface area contributed by atoms with Crippen LogP contribution in [0.4, 0.5) is 17.3 Å². The number of nitrogens with zero attached hydrogens (tertiary/aromatic N) is 5. The minimum absolute atomic E-state index is 0.134. The molecule has 1 aliphatic rings. The van der Waals surface area contributed by atoms with Gasteiger partial charge >= 0.3 is 0 Å². The van der Waals surface area contributed by atoms with Crippen molar-refractivity contribution in [3.8, 4) is 17.3 Å². The first-order chi connectivity index (χ1) is 13.2. The molecular weight excluding hydrogens is 344 g/mol. The summed E-state index contributed by atoms with van der Waals surface area (Å²) in [7, 11) is 1.56. The highest BCUT2D eigenvalue weighted by Crippen LogP contribution is 2.27. The Balaban J connectivity index is 1.59. The summed E-state index contributed by atoms with van der Waals surface area (Å²) in [5.41, 5.74) is 1.46. The van der Waals surface area contributed by atoms with Gasteiger partial charge in [-0.2, -0.15) is 0 Å². The van der Waals surface area contributed by atoms with Gasteiger partial charge in [-0.3, -0.25) is 9.78 Å². The fourth-order valence-electron chi connectivity index (χ4n) is 2.89. The molecular formula is C19H18N6O2. The van der Waals surface area contributed by atoms with Crippen LogP contribution in [0.5, 0.6) is 5.75 Å². The van der Waals surface area contributed by atoms with Crippen LogP contribution in [0.1, 0.15) is 12.8 Å². The van der Waals surface area contributed by atoms with Crippen LogP contribution in [-0.4, -0.2) is 39.5 Å². The SMILES string of the molecule is COc1cnc(-c2ccccn2)nc1Nc1ccc(N2CCCC2=O)cn1. The van der Waals surface area contributed by atoms with Crippen LogP contribution in [0.2, 0.25) is 0 Å². The molecule has 1 N–H and O–H groups in total. The van der Waals surface area contributed by atoms with Crippen LogP contribution in [0.25, 0.3) is 11.5 Å². The third-order valence-corrected chi connectivity index (χ3v) is 4.25. The van der Waals surface area contributed by atoms with E-state index in [1.54, 1.807) is 30.6 Å². The number of amides is 1. The Labute approximate surface area is 156 Å². The van der Waals surface area contributed by atoms with Crippen LogP contribution < -0.4 is 15.0 Å². The molecule has 0 aliphatic carbocycles. The molecule has 3 aromatic rings. The van der Waals surface area contributed by atoms with Gasteiger partial charge in [0.25, 0.3) is 0 Å². The Hall–Kier alpha value is -3.55. The lowest BCUT2D eigenvalue weighted by Gasteiger charge is -2.16. The monoisotopic (exact) mass is 362 g/mol. The lowest BCUT2D eigenvalue weighted by molar-refractivity contribution is -0.117. The maximum atomic E-state index is 11.8. The van der Waals surface area contributed by atoms with Crippen LogP contribution in [-0.2, 0) is 4.79 Å². The molecule has 0 radical (unpaired) electrons. The van der Waals surface area contributed by atoms with Crippen LogP contribution >= 0.6 is 0 Å². The van der Waals surface area contributed by atoms with E-state index < -0.39 is 0 Å². The summed E-state index contributed by atoms with van der Waals surface area (Å²) in [5.74, 6) is 2.20. The van der Waals surface area contributed by atoms with Crippen molar-refractivity contribution in [2.24, 2.45) is 0 Å². The smallest absolute Gasteiger partial charge is 0.227 e. The van der Waals surface area contributed by atoms with Crippen molar-refractivity contribution >= 4 is 23.2 Å². The number of hydrogen-bond donors (Lipinski definition) is 1. The van der Waals surface area contributed by atoms with Gasteiger partial charge in [0.2, 0.25) is 5.91 Å². The maximum absolute atomic E-state index is 11.8. The average molecular weight is 362 g/mol. The van der Waals surface area contributed by atoms with Crippen molar-refractivity contribution in [1.82, 2.24) is 19.9 Å². The quantitative estimate of drug-likeness (QED) is 0.746. The van der Waals surface area contributed by atoms with Crippen molar-refractivity contribution in [2.75, 3.05) is 23.9 Å². The zero-order valence-electron chi connectivity index (χ0n) is 14.8. The molecule has 8 heteroatoms.